The predicted molar refractivity (Wildman–Crippen MR) is 144 cm³/mol. The number of aryl methyl sites for hydroxylation is 1. The summed E-state index contributed by atoms with van der Waals surface area (Å²) in [5, 5.41) is 1.45. The van der Waals surface area contributed by atoms with Crippen LogP contribution in [0.15, 0.2) is 45.7 Å². The number of carbonyl (C=O) groups is 1. The van der Waals surface area contributed by atoms with Crippen molar-refractivity contribution >= 4 is 55.8 Å². The molecule has 0 bridgehead atoms. The summed E-state index contributed by atoms with van der Waals surface area (Å²) < 4.78 is 39.4. The number of benzene rings is 2. The number of furan rings is 1. The van der Waals surface area contributed by atoms with Crippen LogP contribution in [0.25, 0.3) is 11.0 Å². The molecule has 0 spiro atoms. The zero-order chi connectivity index (χ0) is 26.2. The van der Waals surface area contributed by atoms with Crippen LogP contribution in [0.5, 0.6) is 0 Å². The molecule has 11 heteroatoms. The third-order valence-corrected chi connectivity index (χ3v) is 9.60. The van der Waals surface area contributed by atoms with Crippen LogP contribution < -0.4 is 4.90 Å². The van der Waals surface area contributed by atoms with Crippen molar-refractivity contribution in [3.05, 3.63) is 57.8 Å². The maximum atomic E-state index is 13.3. The van der Waals surface area contributed by atoms with Crippen LogP contribution in [-0.4, -0.2) is 76.0 Å². The van der Waals surface area contributed by atoms with E-state index < -0.39 is 10.0 Å². The molecule has 3 aromatic rings. The molecule has 3 heterocycles. The van der Waals surface area contributed by atoms with Gasteiger partial charge in [0.1, 0.15) is 16.2 Å². The van der Waals surface area contributed by atoms with Gasteiger partial charge in [-0.3, -0.25) is 4.79 Å². The van der Waals surface area contributed by atoms with E-state index in [2.05, 4.69) is 4.90 Å². The summed E-state index contributed by atoms with van der Waals surface area (Å²) >= 11 is 12.3. The van der Waals surface area contributed by atoms with Crippen molar-refractivity contribution < 1.29 is 22.4 Å². The molecule has 0 radical (unpaired) electrons. The van der Waals surface area contributed by atoms with Crippen molar-refractivity contribution in [1.82, 2.24) is 9.21 Å². The fourth-order valence-corrected chi connectivity index (χ4v) is 7.19. The quantitative estimate of drug-likeness (QED) is 0.457. The summed E-state index contributed by atoms with van der Waals surface area (Å²) in [4.78, 5) is 16.7. The largest absolute Gasteiger partial charge is 0.461 e. The normalized spacial score (nSPS) is 17.8. The Labute approximate surface area is 226 Å². The first-order valence-electron chi connectivity index (χ1n) is 12.3. The van der Waals surface area contributed by atoms with Gasteiger partial charge in [-0.25, -0.2) is 8.42 Å². The van der Waals surface area contributed by atoms with E-state index in [4.69, 9.17) is 32.4 Å². The van der Waals surface area contributed by atoms with Gasteiger partial charge in [-0.15, -0.1) is 0 Å². The van der Waals surface area contributed by atoms with Crippen molar-refractivity contribution in [2.75, 3.05) is 57.4 Å². The molecule has 8 nitrogen and oxygen atoms in total. The Bertz CT molecular complexity index is 1420. The van der Waals surface area contributed by atoms with E-state index in [1.54, 1.807) is 6.07 Å². The van der Waals surface area contributed by atoms with Gasteiger partial charge in [0.25, 0.3) is 0 Å². The van der Waals surface area contributed by atoms with Crippen LogP contribution in [-0.2, 0) is 26.0 Å². The minimum absolute atomic E-state index is 0.0327. The fourth-order valence-electron chi connectivity index (χ4n) is 4.98. The lowest BCUT2D eigenvalue weighted by Crippen LogP contribution is -2.41. The van der Waals surface area contributed by atoms with Crippen LogP contribution in [0, 0.1) is 6.92 Å². The number of halogens is 2. The number of ether oxygens (including phenoxy) is 1. The number of carbonyl (C=O) groups excluding carboxylic acids is 1. The topological polar surface area (TPSA) is 83.3 Å². The van der Waals surface area contributed by atoms with Gasteiger partial charge in [0.05, 0.1) is 24.7 Å². The monoisotopic (exact) mass is 565 g/mol. The van der Waals surface area contributed by atoms with E-state index in [9.17, 15) is 13.2 Å². The maximum absolute atomic E-state index is 13.3. The summed E-state index contributed by atoms with van der Waals surface area (Å²) in [7, 11) is -3.78. The number of anilines is 1. The van der Waals surface area contributed by atoms with Gasteiger partial charge in [-0.05, 0) is 55.3 Å². The molecular formula is C26H29Cl2N3O5S. The molecule has 198 valence electrons. The van der Waals surface area contributed by atoms with Gasteiger partial charge < -0.3 is 19.0 Å². The maximum Gasteiger partial charge on any atom is 0.244 e. The Morgan fingerprint density at radius 2 is 1.76 bits per heavy atom. The minimum atomic E-state index is -3.78. The highest BCUT2D eigenvalue weighted by Gasteiger charge is 2.29. The molecule has 0 saturated carbocycles. The Morgan fingerprint density at radius 1 is 0.973 bits per heavy atom. The molecule has 37 heavy (non-hydrogen) atoms. The number of sulfonamides is 1. The molecule has 1 aromatic heterocycles. The second-order valence-corrected chi connectivity index (χ2v) is 12.1. The summed E-state index contributed by atoms with van der Waals surface area (Å²) in [6, 6.07) is 10.4. The van der Waals surface area contributed by atoms with Crippen molar-refractivity contribution in [2.45, 2.75) is 24.7 Å². The van der Waals surface area contributed by atoms with E-state index in [0.717, 1.165) is 22.2 Å². The van der Waals surface area contributed by atoms with Gasteiger partial charge in [-0.1, -0.05) is 23.2 Å². The van der Waals surface area contributed by atoms with Crippen molar-refractivity contribution in [3.63, 3.8) is 0 Å². The van der Waals surface area contributed by atoms with Crippen molar-refractivity contribution in [2.24, 2.45) is 0 Å². The Hall–Kier alpha value is -2.30. The summed E-state index contributed by atoms with van der Waals surface area (Å²) in [6.45, 7) is 6.33. The molecule has 1 amide bonds. The number of hydrogen-bond donors (Lipinski definition) is 0. The highest BCUT2D eigenvalue weighted by Crippen LogP contribution is 2.33. The molecule has 5 rings (SSSR count). The predicted octanol–water partition coefficient (Wildman–Crippen LogP) is 4.35. The van der Waals surface area contributed by atoms with Gasteiger partial charge in [0.2, 0.25) is 15.9 Å². The summed E-state index contributed by atoms with van der Waals surface area (Å²) in [5.41, 5.74) is 2.81. The zero-order valence-electron chi connectivity index (χ0n) is 20.6. The van der Waals surface area contributed by atoms with Gasteiger partial charge in [-0.2, -0.15) is 4.31 Å². The number of amides is 1. The van der Waals surface area contributed by atoms with Gasteiger partial charge in [0, 0.05) is 55.4 Å². The average Bonchev–Trinajstić information content (AvgIpc) is 3.13. The molecule has 2 aliphatic rings. The van der Waals surface area contributed by atoms with E-state index in [1.165, 1.54) is 16.4 Å². The SMILES string of the molecule is Cc1c(N2CCCN(S(=O)(=O)c3cc(Cl)ccc3Cl)CC2)ccc2oc(CC(=O)N3CCOCC3)cc12. The molecule has 2 aromatic carbocycles. The third-order valence-electron chi connectivity index (χ3n) is 6.99. The Balaban J connectivity index is 1.32. The lowest BCUT2D eigenvalue weighted by atomic mass is 10.1. The number of rotatable bonds is 5. The number of hydrogen-bond acceptors (Lipinski definition) is 6. The van der Waals surface area contributed by atoms with Crippen molar-refractivity contribution in [1.29, 1.82) is 0 Å². The molecule has 0 atom stereocenters. The standard InChI is InChI=1S/C26H29Cl2N3O5S/c1-18-21-16-20(17-26(32)30-11-13-35-14-12-30)36-24(21)6-5-23(18)29-7-2-8-31(10-9-29)37(33,34)25-15-19(27)3-4-22(25)28/h3-6,15-16H,2,7-14,17H2,1H3. The second-order valence-electron chi connectivity index (χ2n) is 9.32. The molecule has 2 fully saturated rings. The summed E-state index contributed by atoms with van der Waals surface area (Å²) in [6.07, 6.45) is 0.881. The number of morpholine rings is 1. The van der Waals surface area contributed by atoms with Crippen LogP contribution in [0.3, 0.4) is 0 Å². The van der Waals surface area contributed by atoms with Crippen LogP contribution in [0.1, 0.15) is 17.7 Å². The fraction of sp³-hybridized carbons (Fsp3) is 0.423. The highest BCUT2D eigenvalue weighted by molar-refractivity contribution is 7.89. The summed E-state index contributed by atoms with van der Waals surface area (Å²) in [5.74, 6) is 0.673. The molecule has 2 saturated heterocycles. The third kappa shape index (κ3) is 5.47. The van der Waals surface area contributed by atoms with Crippen LogP contribution in [0.4, 0.5) is 5.69 Å². The van der Waals surface area contributed by atoms with E-state index in [1.807, 2.05) is 30.0 Å². The molecule has 2 aliphatic heterocycles. The highest BCUT2D eigenvalue weighted by atomic mass is 35.5. The zero-order valence-corrected chi connectivity index (χ0v) is 22.9. The minimum Gasteiger partial charge on any atom is -0.461 e. The molecule has 0 unspecified atom stereocenters. The van der Waals surface area contributed by atoms with E-state index in [-0.39, 0.29) is 22.2 Å². The number of nitrogens with zero attached hydrogens (tertiary/aromatic N) is 3. The average molecular weight is 567 g/mol. The molecular weight excluding hydrogens is 537 g/mol. The Kier molecular flexibility index (Phi) is 7.70. The lowest BCUT2D eigenvalue weighted by Gasteiger charge is -2.26. The Morgan fingerprint density at radius 3 is 2.54 bits per heavy atom. The van der Waals surface area contributed by atoms with Crippen LogP contribution >= 0.6 is 23.2 Å². The van der Waals surface area contributed by atoms with Gasteiger partial charge >= 0.3 is 0 Å². The first-order chi connectivity index (χ1) is 17.7. The molecule has 0 N–H and O–H groups in total. The van der Waals surface area contributed by atoms with Crippen molar-refractivity contribution in [3.8, 4) is 0 Å². The second kappa shape index (κ2) is 10.8. The van der Waals surface area contributed by atoms with Gasteiger partial charge in [0.15, 0.2) is 0 Å². The lowest BCUT2D eigenvalue weighted by molar-refractivity contribution is -0.134. The van der Waals surface area contributed by atoms with E-state index >= 15 is 0 Å². The van der Waals surface area contributed by atoms with Crippen LogP contribution in [0.2, 0.25) is 10.0 Å². The number of fused-ring (bicyclic) bond motifs is 1. The molecule has 0 aliphatic carbocycles. The van der Waals surface area contributed by atoms with E-state index in [0.29, 0.717) is 69.7 Å². The smallest absolute Gasteiger partial charge is 0.244 e. The first-order valence-corrected chi connectivity index (χ1v) is 14.5. The first kappa shape index (κ1) is 26.3.